The van der Waals surface area contributed by atoms with Gasteiger partial charge in [-0.3, -0.25) is 0 Å². The first kappa shape index (κ1) is 12.9. The molecule has 0 rings (SSSR count). The van der Waals surface area contributed by atoms with Crippen molar-refractivity contribution in [3.63, 3.8) is 0 Å². The molecular formula is C11H24O2. The molecule has 0 fully saturated rings. The van der Waals surface area contributed by atoms with E-state index >= 15 is 0 Å². The maximum absolute atomic E-state index is 10.0. The predicted octanol–water partition coefficient (Wildman–Crippen LogP) is 2.19. The summed E-state index contributed by atoms with van der Waals surface area (Å²) >= 11 is 0. The van der Waals surface area contributed by atoms with E-state index in [4.69, 9.17) is 0 Å². The van der Waals surface area contributed by atoms with Crippen LogP contribution in [0.25, 0.3) is 0 Å². The van der Waals surface area contributed by atoms with Gasteiger partial charge in [0.25, 0.3) is 0 Å². The summed E-state index contributed by atoms with van der Waals surface area (Å²) in [6, 6.07) is 0. The lowest BCUT2D eigenvalue weighted by molar-refractivity contribution is -0.0293. The van der Waals surface area contributed by atoms with Crippen LogP contribution in [0.15, 0.2) is 0 Å². The van der Waals surface area contributed by atoms with Crippen LogP contribution in [0.3, 0.4) is 0 Å². The minimum absolute atomic E-state index is 0.206. The maximum Gasteiger partial charge on any atom is 0.0646 e. The number of rotatable bonds is 5. The predicted molar refractivity (Wildman–Crippen MR) is 55.5 cm³/mol. The summed E-state index contributed by atoms with van der Waals surface area (Å²) in [5.74, 6) is 0.442. The van der Waals surface area contributed by atoms with Gasteiger partial charge in [-0.2, -0.15) is 0 Å². The molecule has 0 aromatic rings. The average Bonchev–Trinajstić information content (AvgIpc) is 1.99. The van der Waals surface area contributed by atoms with Crippen molar-refractivity contribution >= 4 is 0 Å². The van der Waals surface area contributed by atoms with Crippen molar-refractivity contribution in [2.75, 3.05) is 0 Å². The van der Waals surface area contributed by atoms with Crippen LogP contribution >= 0.6 is 0 Å². The lowest BCUT2D eigenvalue weighted by Gasteiger charge is -2.32. The van der Waals surface area contributed by atoms with Gasteiger partial charge >= 0.3 is 0 Å². The van der Waals surface area contributed by atoms with Crippen LogP contribution in [0.4, 0.5) is 0 Å². The van der Waals surface area contributed by atoms with Crippen LogP contribution in [0.5, 0.6) is 0 Å². The topological polar surface area (TPSA) is 40.5 Å². The molecule has 0 aliphatic heterocycles. The molecule has 13 heavy (non-hydrogen) atoms. The summed E-state index contributed by atoms with van der Waals surface area (Å²) in [5.41, 5.74) is -0.655. The fourth-order valence-corrected chi connectivity index (χ4v) is 1.42. The van der Waals surface area contributed by atoms with Gasteiger partial charge in [0.05, 0.1) is 11.7 Å². The van der Waals surface area contributed by atoms with Crippen LogP contribution in [-0.2, 0) is 0 Å². The van der Waals surface area contributed by atoms with Crippen LogP contribution in [-0.4, -0.2) is 21.9 Å². The zero-order valence-corrected chi connectivity index (χ0v) is 9.54. The Morgan fingerprint density at radius 1 is 1.23 bits per heavy atom. The first-order valence-corrected chi connectivity index (χ1v) is 5.21. The summed E-state index contributed by atoms with van der Waals surface area (Å²) < 4.78 is 0. The number of aliphatic hydroxyl groups is 2. The molecule has 80 valence electrons. The van der Waals surface area contributed by atoms with E-state index in [2.05, 4.69) is 0 Å². The third-order valence-corrected chi connectivity index (χ3v) is 3.13. The smallest absolute Gasteiger partial charge is 0.0646 e. The van der Waals surface area contributed by atoms with Crippen LogP contribution in [0.2, 0.25) is 0 Å². The molecule has 0 amide bonds. The van der Waals surface area contributed by atoms with E-state index in [-0.39, 0.29) is 17.9 Å². The first-order chi connectivity index (χ1) is 5.81. The molecule has 3 atom stereocenters. The highest BCUT2D eigenvalue weighted by Crippen LogP contribution is 2.28. The van der Waals surface area contributed by atoms with Crippen LogP contribution in [0, 0.1) is 11.8 Å². The molecule has 2 N–H and O–H groups in total. The standard InChI is InChI=1S/C11H24O2/c1-6-10(9(4)12)7-11(5,13)8(2)3/h8-10,12-13H,6-7H2,1-5H3. The van der Waals surface area contributed by atoms with Crippen molar-refractivity contribution in [1.29, 1.82) is 0 Å². The summed E-state index contributed by atoms with van der Waals surface area (Å²) in [6.45, 7) is 9.71. The minimum Gasteiger partial charge on any atom is -0.393 e. The fourth-order valence-electron chi connectivity index (χ4n) is 1.42. The Bertz CT molecular complexity index is 139. The highest BCUT2D eigenvalue weighted by atomic mass is 16.3. The highest BCUT2D eigenvalue weighted by Gasteiger charge is 2.29. The van der Waals surface area contributed by atoms with Gasteiger partial charge in [-0.25, -0.2) is 0 Å². The Hall–Kier alpha value is -0.0800. The minimum atomic E-state index is -0.655. The van der Waals surface area contributed by atoms with E-state index in [9.17, 15) is 10.2 Å². The lowest BCUT2D eigenvalue weighted by Crippen LogP contribution is -2.36. The number of hydrogen-bond acceptors (Lipinski definition) is 2. The van der Waals surface area contributed by atoms with Crippen molar-refractivity contribution < 1.29 is 10.2 Å². The summed E-state index contributed by atoms with van der Waals surface area (Å²) in [5, 5.41) is 19.5. The summed E-state index contributed by atoms with van der Waals surface area (Å²) in [4.78, 5) is 0. The van der Waals surface area contributed by atoms with Gasteiger partial charge < -0.3 is 10.2 Å². The van der Waals surface area contributed by atoms with E-state index < -0.39 is 5.60 Å². The molecule has 0 radical (unpaired) electrons. The molecule has 0 heterocycles. The van der Waals surface area contributed by atoms with Gasteiger partial charge in [0, 0.05) is 0 Å². The Balaban J connectivity index is 4.22. The Labute approximate surface area is 82.0 Å². The van der Waals surface area contributed by atoms with Gasteiger partial charge in [0.2, 0.25) is 0 Å². The van der Waals surface area contributed by atoms with Crippen molar-refractivity contribution in [3.8, 4) is 0 Å². The molecule has 2 nitrogen and oxygen atoms in total. The quantitative estimate of drug-likeness (QED) is 0.694. The average molecular weight is 188 g/mol. The highest BCUT2D eigenvalue weighted by molar-refractivity contribution is 4.81. The normalized spacial score (nSPS) is 21.2. The van der Waals surface area contributed by atoms with Crippen molar-refractivity contribution in [2.45, 2.75) is 59.2 Å². The summed E-state index contributed by atoms with van der Waals surface area (Å²) in [7, 11) is 0. The number of aliphatic hydroxyl groups excluding tert-OH is 1. The molecule has 2 heteroatoms. The molecular weight excluding hydrogens is 164 g/mol. The van der Waals surface area contributed by atoms with E-state index in [0.29, 0.717) is 6.42 Å². The maximum atomic E-state index is 10.0. The Morgan fingerprint density at radius 2 is 1.69 bits per heavy atom. The largest absolute Gasteiger partial charge is 0.393 e. The second kappa shape index (κ2) is 4.97. The fraction of sp³-hybridized carbons (Fsp3) is 1.00. The van der Waals surface area contributed by atoms with E-state index in [0.717, 1.165) is 6.42 Å². The number of hydrogen-bond donors (Lipinski definition) is 2. The zero-order valence-electron chi connectivity index (χ0n) is 9.54. The van der Waals surface area contributed by atoms with Crippen LogP contribution < -0.4 is 0 Å². The van der Waals surface area contributed by atoms with Gasteiger partial charge in [-0.05, 0) is 32.1 Å². The monoisotopic (exact) mass is 188 g/mol. The molecule has 0 spiro atoms. The van der Waals surface area contributed by atoms with Gasteiger partial charge in [0.15, 0.2) is 0 Å². The third kappa shape index (κ3) is 4.10. The third-order valence-electron chi connectivity index (χ3n) is 3.13. The second-order valence-corrected chi connectivity index (χ2v) is 4.62. The zero-order chi connectivity index (χ0) is 10.6. The Kier molecular flexibility index (Phi) is 4.93. The van der Waals surface area contributed by atoms with Crippen molar-refractivity contribution in [1.82, 2.24) is 0 Å². The molecule has 0 aliphatic rings. The lowest BCUT2D eigenvalue weighted by atomic mass is 9.81. The molecule has 0 saturated heterocycles. The van der Waals surface area contributed by atoms with E-state index in [1.807, 2.05) is 27.7 Å². The second-order valence-electron chi connectivity index (χ2n) is 4.62. The van der Waals surface area contributed by atoms with E-state index in [1.54, 1.807) is 6.92 Å². The molecule has 0 bridgehead atoms. The first-order valence-electron chi connectivity index (χ1n) is 5.21. The van der Waals surface area contributed by atoms with E-state index in [1.165, 1.54) is 0 Å². The molecule has 0 aliphatic carbocycles. The van der Waals surface area contributed by atoms with Gasteiger partial charge in [0.1, 0.15) is 0 Å². The van der Waals surface area contributed by atoms with Gasteiger partial charge in [-0.1, -0.05) is 27.2 Å². The Morgan fingerprint density at radius 3 is 1.92 bits per heavy atom. The van der Waals surface area contributed by atoms with Crippen molar-refractivity contribution in [2.24, 2.45) is 11.8 Å². The van der Waals surface area contributed by atoms with Crippen LogP contribution in [0.1, 0.15) is 47.5 Å². The molecule has 0 saturated carbocycles. The molecule has 3 unspecified atom stereocenters. The summed E-state index contributed by atoms with van der Waals surface area (Å²) in [6.07, 6.45) is 1.27. The molecule has 0 aromatic heterocycles. The molecule has 0 aromatic carbocycles. The SMILES string of the molecule is CCC(CC(C)(O)C(C)C)C(C)O. The van der Waals surface area contributed by atoms with Crippen molar-refractivity contribution in [3.05, 3.63) is 0 Å². The van der Waals surface area contributed by atoms with Gasteiger partial charge in [-0.15, -0.1) is 0 Å².